The zero-order chi connectivity index (χ0) is 17.2. The van der Waals surface area contributed by atoms with E-state index in [1.807, 2.05) is 26.8 Å². The molecule has 4 unspecified atom stereocenters. The Balaban J connectivity index is 2.29. The van der Waals surface area contributed by atoms with Gasteiger partial charge in [-0.05, 0) is 57.9 Å². The lowest BCUT2D eigenvalue weighted by molar-refractivity contribution is -0.0108. The zero-order valence-electron chi connectivity index (χ0n) is 15.2. The van der Waals surface area contributed by atoms with Crippen LogP contribution in [-0.2, 0) is 4.74 Å². The van der Waals surface area contributed by atoms with Crippen LogP contribution in [0.5, 0.6) is 0 Å². The van der Waals surface area contributed by atoms with Crippen LogP contribution < -0.4 is 0 Å². The minimum atomic E-state index is -0.887. The number of ether oxygens (including phenoxy) is 1. The lowest BCUT2D eigenvalue weighted by Crippen LogP contribution is -2.41. The van der Waals surface area contributed by atoms with Gasteiger partial charge in [0.2, 0.25) is 0 Å². The van der Waals surface area contributed by atoms with Crippen molar-refractivity contribution in [1.82, 2.24) is 0 Å². The fourth-order valence-corrected chi connectivity index (χ4v) is 3.34. The summed E-state index contributed by atoms with van der Waals surface area (Å²) in [4.78, 5) is 0. The van der Waals surface area contributed by atoms with Gasteiger partial charge in [0.25, 0.3) is 0 Å². The molecule has 0 aromatic heterocycles. The summed E-state index contributed by atoms with van der Waals surface area (Å²) in [6.07, 6.45) is 8.59. The van der Waals surface area contributed by atoms with Gasteiger partial charge in [-0.2, -0.15) is 0 Å². The van der Waals surface area contributed by atoms with Crippen molar-refractivity contribution < 1.29 is 14.9 Å². The topological polar surface area (TPSA) is 53.0 Å². The minimum absolute atomic E-state index is 0.0316. The Morgan fingerprint density at radius 1 is 1.13 bits per heavy atom. The van der Waals surface area contributed by atoms with Gasteiger partial charge in [0.15, 0.2) is 0 Å². The van der Waals surface area contributed by atoms with E-state index < -0.39 is 17.8 Å². The summed E-state index contributed by atoms with van der Waals surface area (Å²) in [5.74, 6) is 0.180. The van der Waals surface area contributed by atoms with Gasteiger partial charge in [0.1, 0.15) is 17.8 Å². The van der Waals surface area contributed by atoms with Gasteiger partial charge in [-0.25, -0.2) is 0 Å². The van der Waals surface area contributed by atoms with Crippen molar-refractivity contribution in [2.45, 2.75) is 84.2 Å². The van der Waals surface area contributed by atoms with Gasteiger partial charge < -0.3 is 14.9 Å². The van der Waals surface area contributed by atoms with Gasteiger partial charge in [-0.3, -0.25) is 0 Å². The van der Waals surface area contributed by atoms with E-state index in [0.717, 1.165) is 31.3 Å². The SMILES string of the molecule is CC1=CC=C(C(C)C)C(O)C(O)C2(C)OC2CCC(C)=CCC1. The lowest BCUT2D eigenvalue weighted by Gasteiger charge is -2.26. The third-order valence-electron chi connectivity index (χ3n) is 5.27. The van der Waals surface area contributed by atoms with Gasteiger partial charge in [-0.1, -0.05) is 43.2 Å². The zero-order valence-corrected chi connectivity index (χ0v) is 15.2. The molecule has 1 saturated heterocycles. The van der Waals surface area contributed by atoms with E-state index in [4.69, 9.17) is 4.74 Å². The van der Waals surface area contributed by atoms with E-state index in [-0.39, 0.29) is 12.0 Å². The van der Waals surface area contributed by atoms with E-state index >= 15 is 0 Å². The highest BCUT2D eigenvalue weighted by Crippen LogP contribution is 2.44. The monoisotopic (exact) mass is 320 g/mol. The Morgan fingerprint density at radius 2 is 1.83 bits per heavy atom. The fraction of sp³-hybridized carbons (Fsp3) is 0.700. The van der Waals surface area contributed by atoms with E-state index in [9.17, 15) is 10.2 Å². The van der Waals surface area contributed by atoms with Crippen LogP contribution >= 0.6 is 0 Å². The van der Waals surface area contributed by atoms with Gasteiger partial charge in [-0.15, -0.1) is 0 Å². The summed E-state index contributed by atoms with van der Waals surface area (Å²) in [6, 6.07) is 0. The first kappa shape index (κ1) is 18.4. The molecule has 3 nitrogen and oxygen atoms in total. The van der Waals surface area contributed by atoms with Gasteiger partial charge in [0, 0.05) is 0 Å². The number of rotatable bonds is 1. The van der Waals surface area contributed by atoms with E-state index in [1.54, 1.807) is 0 Å². The maximum absolute atomic E-state index is 10.7. The Morgan fingerprint density at radius 3 is 2.48 bits per heavy atom. The average molecular weight is 320 g/mol. The standard InChI is InChI=1S/C20H32O3/c1-13(2)16-11-9-14(3)7-6-8-15(4)10-12-17-20(5,23-17)19(22)18(16)21/h8-9,11,13,17-19,21-22H,6-7,10,12H2,1-5H3. The predicted molar refractivity (Wildman–Crippen MR) is 94.2 cm³/mol. The highest BCUT2D eigenvalue weighted by atomic mass is 16.6. The van der Waals surface area contributed by atoms with Crippen molar-refractivity contribution in [3.63, 3.8) is 0 Å². The maximum Gasteiger partial charge on any atom is 0.121 e. The van der Waals surface area contributed by atoms with Gasteiger partial charge >= 0.3 is 0 Å². The average Bonchev–Trinajstić information content (AvgIpc) is 3.15. The van der Waals surface area contributed by atoms with E-state index in [0.29, 0.717) is 0 Å². The molecule has 0 radical (unpaired) electrons. The molecule has 130 valence electrons. The lowest BCUT2D eigenvalue weighted by atomic mass is 9.85. The molecule has 1 aliphatic heterocycles. The third kappa shape index (κ3) is 4.34. The van der Waals surface area contributed by atoms with Crippen LogP contribution in [-0.4, -0.2) is 34.1 Å². The van der Waals surface area contributed by atoms with Crippen molar-refractivity contribution in [2.75, 3.05) is 0 Å². The summed E-state index contributed by atoms with van der Waals surface area (Å²) in [5.41, 5.74) is 2.91. The highest BCUT2D eigenvalue weighted by molar-refractivity contribution is 5.25. The smallest absolute Gasteiger partial charge is 0.121 e. The molecule has 0 spiro atoms. The summed E-state index contributed by atoms with van der Waals surface area (Å²) >= 11 is 0. The number of epoxide rings is 1. The second kappa shape index (κ2) is 7.33. The summed E-state index contributed by atoms with van der Waals surface area (Å²) in [6.45, 7) is 10.3. The maximum atomic E-state index is 10.7. The van der Waals surface area contributed by atoms with Gasteiger partial charge in [0.05, 0.1) is 6.10 Å². The van der Waals surface area contributed by atoms with Crippen molar-refractivity contribution in [3.8, 4) is 0 Å². The summed E-state index contributed by atoms with van der Waals surface area (Å²) < 4.78 is 5.78. The Labute approximate surface area is 140 Å². The van der Waals surface area contributed by atoms with Crippen LogP contribution in [0.1, 0.15) is 60.3 Å². The molecule has 0 bridgehead atoms. The second-order valence-corrected chi connectivity index (χ2v) is 7.64. The van der Waals surface area contributed by atoms with Crippen LogP contribution in [0.15, 0.2) is 34.9 Å². The number of hydrogen-bond donors (Lipinski definition) is 2. The molecule has 1 heterocycles. The first-order valence-electron chi connectivity index (χ1n) is 8.82. The van der Waals surface area contributed by atoms with E-state index in [2.05, 4.69) is 26.0 Å². The highest BCUT2D eigenvalue weighted by Gasteiger charge is 2.59. The third-order valence-corrected chi connectivity index (χ3v) is 5.27. The van der Waals surface area contributed by atoms with Crippen LogP contribution in [0.2, 0.25) is 0 Å². The largest absolute Gasteiger partial charge is 0.387 e. The van der Waals surface area contributed by atoms with Crippen molar-refractivity contribution in [3.05, 3.63) is 34.9 Å². The Hall–Kier alpha value is -0.900. The molecule has 0 amide bonds. The molecular formula is C20H32O3. The Kier molecular flexibility index (Phi) is 5.88. The van der Waals surface area contributed by atoms with Crippen LogP contribution in [0.3, 0.4) is 0 Å². The normalized spacial score (nSPS) is 36.5. The summed E-state index contributed by atoms with van der Waals surface area (Å²) in [5, 5.41) is 21.3. The second-order valence-electron chi connectivity index (χ2n) is 7.64. The molecular weight excluding hydrogens is 288 g/mol. The molecule has 0 aromatic rings. The molecule has 1 aliphatic carbocycles. The molecule has 2 rings (SSSR count). The summed E-state index contributed by atoms with van der Waals surface area (Å²) in [7, 11) is 0. The fourth-order valence-electron chi connectivity index (χ4n) is 3.34. The number of aliphatic hydroxyl groups excluding tert-OH is 2. The molecule has 23 heavy (non-hydrogen) atoms. The molecule has 4 atom stereocenters. The molecule has 2 aliphatic rings. The number of hydrogen-bond acceptors (Lipinski definition) is 3. The first-order chi connectivity index (χ1) is 10.8. The molecule has 0 saturated carbocycles. The first-order valence-corrected chi connectivity index (χ1v) is 8.82. The number of allylic oxidation sites excluding steroid dienone is 5. The van der Waals surface area contributed by atoms with Crippen LogP contribution in [0.4, 0.5) is 0 Å². The van der Waals surface area contributed by atoms with Crippen LogP contribution in [0, 0.1) is 5.92 Å². The van der Waals surface area contributed by atoms with Crippen LogP contribution in [0.25, 0.3) is 0 Å². The van der Waals surface area contributed by atoms with E-state index in [1.165, 1.54) is 11.1 Å². The molecule has 2 N–H and O–H groups in total. The Bertz CT molecular complexity index is 515. The number of fused-ring (bicyclic) bond motifs is 1. The quantitative estimate of drug-likeness (QED) is 0.569. The van der Waals surface area contributed by atoms with Crippen molar-refractivity contribution in [1.29, 1.82) is 0 Å². The van der Waals surface area contributed by atoms with Crippen molar-refractivity contribution in [2.24, 2.45) is 5.92 Å². The molecule has 0 aromatic carbocycles. The number of aliphatic hydroxyl groups is 2. The molecule has 1 fully saturated rings. The minimum Gasteiger partial charge on any atom is -0.387 e. The van der Waals surface area contributed by atoms with Crippen molar-refractivity contribution >= 4 is 0 Å². The predicted octanol–water partition coefficient (Wildman–Crippen LogP) is 3.91. The molecule has 3 heteroatoms.